The molecule has 0 saturated carbocycles. The second kappa shape index (κ2) is 7.31. The quantitative estimate of drug-likeness (QED) is 0.817. The third-order valence-corrected chi connectivity index (χ3v) is 3.46. The summed E-state index contributed by atoms with van der Waals surface area (Å²) in [4.78, 5) is 25.3. The van der Waals surface area contributed by atoms with Crippen molar-refractivity contribution >= 4 is 29.1 Å². The van der Waals surface area contributed by atoms with Crippen molar-refractivity contribution in [1.82, 2.24) is 5.32 Å². The van der Waals surface area contributed by atoms with Gasteiger partial charge in [0.15, 0.2) is 0 Å². The average Bonchev–Trinajstić information content (AvgIpc) is 2.81. The number of hydrogen-bond acceptors (Lipinski definition) is 3. The largest absolute Gasteiger partial charge is 0.494 e. The van der Waals surface area contributed by atoms with E-state index in [1.165, 1.54) is 0 Å². The summed E-state index contributed by atoms with van der Waals surface area (Å²) in [5.41, 5.74) is 0.817. The molecule has 0 spiro atoms. The molecule has 1 atom stereocenters. The summed E-state index contributed by atoms with van der Waals surface area (Å²) in [6.45, 7) is 3.02. The fraction of sp³-hybridized carbons (Fsp3) is 0.467. The number of hydrogen-bond donors (Lipinski definition) is 1. The highest BCUT2D eigenvalue weighted by atomic mass is 35.5. The number of rotatable bonds is 6. The molecule has 1 heterocycles. The molecule has 21 heavy (non-hydrogen) atoms. The predicted octanol–water partition coefficient (Wildman–Crippen LogP) is 1.94. The van der Waals surface area contributed by atoms with Crippen molar-refractivity contribution in [3.63, 3.8) is 0 Å². The Morgan fingerprint density at radius 3 is 2.76 bits per heavy atom. The first kappa shape index (κ1) is 15.6. The van der Waals surface area contributed by atoms with Gasteiger partial charge in [0, 0.05) is 31.0 Å². The second-order valence-corrected chi connectivity index (χ2v) is 5.22. The molecule has 1 fully saturated rings. The molecular formula is C15H19ClN2O3. The van der Waals surface area contributed by atoms with E-state index >= 15 is 0 Å². The van der Waals surface area contributed by atoms with Gasteiger partial charge in [-0.05, 0) is 31.2 Å². The van der Waals surface area contributed by atoms with Crippen molar-refractivity contribution in [3.8, 4) is 5.75 Å². The van der Waals surface area contributed by atoms with Crippen molar-refractivity contribution in [3.05, 3.63) is 24.3 Å². The van der Waals surface area contributed by atoms with Gasteiger partial charge in [-0.2, -0.15) is 0 Å². The van der Waals surface area contributed by atoms with Crippen molar-refractivity contribution < 1.29 is 14.3 Å². The van der Waals surface area contributed by atoms with Crippen molar-refractivity contribution in [2.75, 3.05) is 23.9 Å². The Balaban J connectivity index is 1.97. The molecule has 1 N–H and O–H groups in total. The SMILES string of the molecule is CCOc1ccc(N2C[C@@H](NC(=O)CCCl)CC2=O)cc1. The normalized spacial score (nSPS) is 17.9. The molecule has 1 aromatic carbocycles. The van der Waals surface area contributed by atoms with Crippen LogP contribution in [0, 0.1) is 0 Å². The van der Waals surface area contributed by atoms with Crippen LogP contribution in [0.3, 0.4) is 0 Å². The summed E-state index contributed by atoms with van der Waals surface area (Å²) >= 11 is 5.53. The molecule has 114 valence electrons. The zero-order chi connectivity index (χ0) is 15.2. The van der Waals surface area contributed by atoms with Gasteiger partial charge in [0.05, 0.1) is 12.6 Å². The number of carbonyl (C=O) groups is 2. The highest BCUT2D eigenvalue weighted by Gasteiger charge is 2.31. The summed E-state index contributed by atoms with van der Waals surface area (Å²) in [6.07, 6.45) is 0.594. The maximum Gasteiger partial charge on any atom is 0.229 e. The Morgan fingerprint density at radius 2 is 2.14 bits per heavy atom. The molecule has 6 heteroatoms. The molecule has 0 aliphatic carbocycles. The average molecular weight is 311 g/mol. The van der Waals surface area contributed by atoms with Crippen LogP contribution in [-0.2, 0) is 9.59 Å². The van der Waals surface area contributed by atoms with Crippen molar-refractivity contribution in [2.45, 2.75) is 25.8 Å². The number of nitrogens with one attached hydrogen (secondary N) is 1. The minimum absolute atomic E-state index is 0.00957. The standard InChI is InChI=1S/C15H19ClN2O3/c1-2-21-13-5-3-12(4-6-13)18-10-11(9-15(18)20)17-14(19)7-8-16/h3-6,11H,2,7-10H2,1H3,(H,17,19)/t11-/m0/s1. The maximum atomic E-state index is 12.1. The Kier molecular flexibility index (Phi) is 5.44. The Bertz CT molecular complexity index is 504. The first-order chi connectivity index (χ1) is 10.1. The van der Waals surface area contributed by atoms with E-state index < -0.39 is 0 Å². The molecule has 0 bridgehead atoms. The molecule has 1 aromatic rings. The van der Waals surface area contributed by atoms with E-state index in [4.69, 9.17) is 16.3 Å². The van der Waals surface area contributed by atoms with Crippen molar-refractivity contribution in [2.24, 2.45) is 0 Å². The van der Waals surface area contributed by atoms with Gasteiger partial charge < -0.3 is 15.0 Å². The van der Waals surface area contributed by atoms with E-state index in [2.05, 4.69) is 5.32 Å². The van der Waals surface area contributed by atoms with Crippen LogP contribution in [0.25, 0.3) is 0 Å². The third-order valence-electron chi connectivity index (χ3n) is 3.27. The fourth-order valence-electron chi connectivity index (χ4n) is 2.33. The Hall–Kier alpha value is -1.75. The van der Waals surface area contributed by atoms with Gasteiger partial charge in [0.1, 0.15) is 5.75 Å². The highest BCUT2D eigenvalue weighted by Crippen LogP contribution is 2.24. The Morgan fingerprint density at radius 1 is 1.43 bits per heavy atom. The monoisotopic (exact) mass is 310 g/mol. The fourth-order valence-corrected chi connectivity index (χ4v) is 2.50. The highest BCUT2D eigenvalue weighted by molar-refractivity contribution is 6.18. The third kappa shape index (κ3) is 4.11. The number of amides is 2. The van der Waals surface area contributed by atoms with Crippen LogP contribution in [0.5, 0.6) is 5.75 Å². The van der Waals surface area contributed by atoms with E-state index in [9.17, 15) is 9.59 Å². The van der Waals surface area contributed by atoms with E-state index in [0.29, 0.717) is 19.6 Å². The van der Waals surface area contributed by atoms with Crippen LogP contribution in [0.1, 0.15) is 19.8 Å². The van der Waals surface area contributed by atoms with E-state index in [1.807, 2.05) is 31.2 Å². The lowest BCUT2D eigenvalue weighted by Crippen LogP contribution is -2.37. The van der Waals surface area contributed by atoms with Crippen LogP contribution >= 0.6 is 11.6 Å². The number of carbonyl (C=O) groups excluding carboxylic acids is 2. The minimum atomic E-state index is -0.153. The lowest BCUT2D eigenvalue weighted by molar-refractivity contribution is -0.121. The van der Waals surface area contributed by atoms with E-state index in [-0.39, 0.29) is 30.2 Å². The smallest absolute Gasteiger partial charge is 0.229 e. The van der Waals surface area contributed by atoms with Crippen molar-refractivity contribution in [1.29, 1.82) is 0 Å². The van der Waals surface area contributed by atoms with Gasteiger partial charge in [-0.1, -0.05) is 0 Å². The number of nitrogens with zero attached hydrogens (tertiary/aromatic N) is 1. The lowest BCUT2D eigenvalue weighted by atomic mass is 10.2. The lowest BCUT2D eigenvalue weighted by Gasteiger charge is -2.17. The number of anilines is 1. The maximum absolute atomic E-state index is 12.1. The first-order valence-electron chi connectivity index (χ1n) is 7.02. The van der Waals surface area contributed by atoms with Gasteiger partial charge in [0.2, 0.25) is 11.8 Å². The molecule has 1 aliphatic rings. The molecule has 2 rings (SSSR count). The summed E-state index contributed by atoms with van der Waals surface area (Å²) in [5, 5.41) is 2.83. The molecule has 1 saturated heterocycles. The van der Waals surface area contributed by atoms with E-state index in [1.54, 1.807) is 4.90 Å². The molecule has 0 aromatic heterocycles. The number of ether oxygens (including phenoxy) is 1. The van der Waals surface area contributed by atoms with Crippen LogP contribution in [0.4, 0.5) is 5.69 Å². The molecule has 1 aliphatic heterocycles. The molecule has 0 radical (unpaired) electrons. The van der Waals surface area contributed by atoms with Crippen LogP contribution in [0.15, 0.2) is 24.3 Å². The summed E-state index contributed by atoms with van der Waals surface area (Å²) < 4.78 is 5.38. The van der Waals surface area contributed by atoms with Gasteiger partial charge >= 0.3 is 0 Å². The predicted molar refractivity (Wildman–Crippen MR) is 81.8 cm³/mol. The van der Waals surface area contributed by atoms with Crippen LogP contribution in [0.2, 0.25) is 0 Å². The van der Waals surface area contributed by atoms with Crippen LogP contribution in [-0.4, -0.2) is 36.9 Å². The summed E-state index contributed by atoms with van der Waals surface area (Å²) in [5.74, 6) is 0.960. The number of alkyl halides is 1. The van der Waals surface area contributed by atoms with Gasteiger partial charge in [-0.15, -0.1) is 11.6 Å². The molecule has 2 amide bonds. The Labute approximate surface area is 129 Å². The van der Waals surface area contributed by atoms with E-state index in [0.717, 1.165) is 11.4 Å². The van der Waals surface area contributed by atoms with Gasteiger partial charge in [0.25, 0.3) is 0 Å². The first-order valence-corrected chi connectivity index (χ1v) is 7.56. The second-order valence-electron chi connectivity index (χ2n) is 4.84. The topological polar surface area (TPSA) is 58.6 Å². The van der Waals surface area contributed by atoms with Crippen LogP contribution < -0.4 is 15.0 Å². The minimum Gasteiger partial charge on any atom is -0.494 e. The zero-order valence-corrected chi connectivity index (χ0v) is 12.7. The summed E-state index contributed by atoms with van der Waals surface area (Å²) in [6, 6.07) is 7.23. The molecular weight excluding hydrogens is 292 g/mol. The van der Waals surface area contributed by atoms with Gasteiger partial charge in [-0.3, -0.25) is 9.59 Å². The molecule has 5 nitrogen and oxygen atoms in total. The molecule has 0 unspecified atom stereocenters. The summed E-state index contributed by atoms with van der Waals surface area (Å²) in [7, 11) is 0. The zero-order valence-electron chi connectivity index (χ0n) is 12.0. The number of halogens is 1. The van der Waals surface area contributed by atoms with Gasteiger partial charge in [-0.25, -0.2) is 0 Å². The number of benzene rings is 1.